The van der Waals surface area contributed by atoms with Gasteiger partial charge in [0.05, 0.1) is 0 Å². The van der Waals surface area contributed by atoms with E-state index in [2.05, 4.69) is 22.4 Å². The summed E-state index contributed by atoms with van der Waals surface area (Å²) in [5.41, 5.74) is 5.44. The number of aromatic nitrogens is 3. The molecule has 0 aliphatic rings. The number of aromatic carboxylic acids is 1. The molecule has 0 aliphatic heterocycles. The number of nitrogens with zero attached hydrogens (tertiary/aromatic N) is 3. The predicted molar refractivity (Wildman–Crippen MR) is 126 cm³/mol. The maximum atomic E-state index is 10.3. The summed E-state index contributed by atoms with van der Waals surface area (Å²) < 4.78 is 1.71. The number of carbonyl (C=O) groups is 1. The molecule has 0 atom stereocenters. The number of para-hydroxylation sites is 2. The number of carboxylic acid groups (broad SMARTS) is 1. The van der Waals surface area contributed by atoms with E-state index in [1.807, 2.05) is 55.5 Å². The lowest BCUT2D eigenvalue weighted by Crippen LogP contribution is -1.99. The van der Waals surface area contributed by atoms with E-state index in [0.717, 1.165) is 27.7 Å². The Morgan fingerprint density at radius 3 is 2.24 bits per heavy atom. The first kappa shape index (κ1) is 21.6. The van der Waals surface area contributed by atoms with E-state index in [-0.39, 0.29) is 17.1 Å². The molecule has 7 nitrogen and oxygen atoms in total. The number of carboxylic acids is 1. The highest BCUT2D eigenvalue weighted by molar-refractivity contribution is 5.93. The lowest BCUT2D eigenvalue weighted by atomic mass is 10.0. The lowest BCUT2D eigenvalue weighted by Gasteiger charge is -2.09. The molecule has 1 heterocycles. The Labute approximate surface area is 189 Å². The molecule has 0 unspecified atom stereocenters. The fraction of sp³-hybridized carbons (Fsp3) is 0.0385. The van der Waals surface area contributed by atoms with Crippen molar-refractivity contribution in [3.05, 3.63) is 102 Å². The van der Waals surface area contributed by atoms with E-state index in [0.29, 0.717) is 5.69 Å². The van der Waals surface area contributed by atoms with Crippen LogP contribution in [0.15, 0.2) is 91.0 Å². The first-order valence-corrected chi connectivity index (χ1v) is 10.2. The lowest BCUT2D eigenvalue weighted by molar-refractivity contribution is 0.0693. The van der Waals surface area contributed by atoms with Gasteiger partial charge in [0.1, 0.15) is 33.8 Å². The molecule has 7 heteroatoms. The van der Waals surface area contributed by atoms with Crippen molar-refractivity contribution in [3.8, 4) is 28.3 Å². The van der Waals surface area contributed by atoms with E-state index in [1.165, 1.54) is 12.1 Å². The third kappa shape index (κ3) is 4.52. The normalized spacial score (nSPS) is 10.5. The highest BCUT2D eigenvalue weighted by Crippen LogP contribution is 2.31. The van der Waals surface area contributed by atoms with Crippen molar-refractivity contribution in [2.75, 3.05) is 0 Å². The van der Waals surface area contributed by atoms with Crippen molar-refractivity contribution in [1.82, 2.24) is 15.0 Å². The molecule has 33 heavy (non-hydrogen) atoms. The number of benzene rings is 4. The molecule has 3 N–H and O–H groups in total. The Hall–Kier alpha value is -4.65. The zero-order valence-corrected chi connectivity index (χ0v) is 17.8. The molecular formula is C26H21N3O4. The van der Waals surface area contributed by atoms with Gasteiger partial charge in [0.25, 0.3) is 0 Å². The third-order valence-corrected chi connectivity index (χ3v) is 5.05. The Bertz CT molecular complexity index is 1430. The first-order valence-electron chi connectivity index (χ1n) is 10.2. The van der Waals surface area contributed by atoms with Crippen molar-refractivity contribution in [2.24, 2.45) is 0 Å². The summed E-state index contributed by atoms with van der Waals surface area (Å²) in [7, 11) is 0. The number of phenols is 2. The van der Waals surface area contributed by atoms with E-state index in [9.17, 15) is 9.90 Å². The molecule has 5 aromatic rings. The van der Waals surface area contributed by atoms with Crippen LogP contribution in [0.25, 0.3) is 27.8 Å². The van der Waals surface area contributed by atoms with Gasteiger partial charge < -0.3 is 15.3 Å². The summed E-state index contributed by atoms with van der Waals surface area (Å²) in [5, 5.41) is 36.1. The van der Waals surface area contributed by atoms with Gasteiger partial charge in [0.2, 0.25) is 0 Å². The van der Waals surface area contributed by atoms with E-state index in [1.54, 1.807) is 22.9 Å². The number of phenolic OH excluding ortho intramolecular Hbond substituents is 1. The van der Waals surface area contributed by atoms with Crippen molar-refractivity contribution in [2.45, 2.75) is 6.92 Å². The Morgan fingerprint density at radius 2 is 1.55 bits per heavy atom. The van der Waals surface area contributed by atoms with Gasteiger partial charge in [-0.25, -0.2) is 9.48 Å². The molecule has 0 spiro atoms. The summed E-state index contributed by atoms with van der Waals surface area (Å²) in [6.07, 6.45) is 0. The second-order valence-electron chi connectivity index (χ2n) is 7.36. The standard InChI is InChI=1S/C19H15N3O.C7H6O3/c1-13-10-11-18(23)17(12-13)22-19-15(14-6-3-2-4-7-14)8-5-9-16(19)20-21-22;8-6-4-2-1-3-5(6)7(9)10/h2-12,23H,1H3;1-4,8H,(H,9,10). The molecule has 0 aliphatic carbocycles. The van der Waals surface area contributed by atoms with Crippen molar-refractivity contribution in [1.29, 1.82) is 0 Å². The van der Waals surface area contributed by atoms with Crippen molar-refractivity contribution in [3.63, 3.8) is 0 Å². The van der Waals surface area contributed by atoms with Crippen LogP contribution >= 0.6 is 0 Å². The molecule has 5 rings (SSSR count). The van der Waals surface area contributed by atoms with Crippen LogP contribution in [0.3, 0.4) is 0 Å². The largest absolute Gasteiger partial charge is 0.507 e. The number of hydrogen-bond donors (Lipinski definition) is 3. The van der Waals surface area contributed by atoms with Crippen LogP contribution in [-0.2, 0) is 0 Å². The van der Waals surface area contributed by atoms with Gasteiger partial charge in [-0.2, -0.15) is 0 Å². The van der Waals surface area contributed by atoms with Gasteiger partial charge in [-0.05, 0) is 48.4 Å². The van der Waals surface area contributed by atoms with Gasteiger partial charge in [-0.1, -0.05) is 65.9 Å². The van der Waals surface area contributed by atoms with E-state index in [4.69, 9.17) is 10.2 Å². The monoisotopic (exact) mass is 439 g/mol. The molecule has 164 valence electrons. The first-order chi connectivity index (χ1) is 16.0. The summed E-state index contributed by atoms with van der Waals surface area (Å²) in [6.45, 7) is 1.99. The number of aryl methyl sites for hydroxylation is 1. The van der Waals surface area contributed by atoms with Crippen molar-refractivity contribution < 1.29 is 20.1 Å². The molecule has 4 aromatic carbocycles. The average molecular weight is 439 g/mol. The summed E-state index contributed by atoms with van der Waals surface area (Å²) >= 11 is 0. The summed E-state index contributed by atoms with van der Waals surface area (Å²) in [5.74, 6) is -1.13. The van der Waals surface area contributed by atoms with Gasteiger partial charge >= 0.3 is 5.97 Å². The SMILES string of the molecule is Cc1ccc(O)c(-n2nnc3cccc(-c4ccccc4)c32)c1.O=C(O)c1ccccc1O. The maximum Gasteiger partial charge on any atom is 0.339 e. The van der Waals surface area contributed by atoms with E-state index < -0.39 is 5.97 Å². The zero-order chi connectivity index (χ0) is 23.4. The Balaban J connectivity index is 0.000000219. The number of rotatable bonds is 3. The van der Waals surface area contributed by atoms with Crippen LogP contribution in [0.1, 0.15) is 15.9 Å². The quantitative estimate of drug-likeness (QED) is 0.357. The van der Waals surface area contributed by atoms with Crippen LogP contribution in [0.2, 0.25) is 0 Å². The van der Waals surface area contributed by atoms with Gasteiger partial charge in [-0.3, -0.25) is 0 Å². The predicted octanol–water partition coefficient (Wildman–Crippen LogP) is 5.19. The Kier molecular flexibility index (Phi) is 6.04. The number of hydrogen-bond acceptors (Lipinski definition) is 5. The summed E-state index contributed by atoms with van der Waals surface area (Å²) in [6, 6.07) is 27.3. The average Bonchev–Trinajstić information content (AvgIpc) is 3.26. The van der Waals surface area contributed by atoms with Crippen LogP contribution in [0, 0.1) is 6.92 Å². The van der Waals surface area contributed by atoms with E-state index >= 15 is 0 Å². The fourth-order valence-electron chi connectivity index (χ4n) is 3.45. The van der Waals surface area contributed by atoms with Gasteiger partial charge in [-0.15, -0.1) is 5.10 Å². The molecule has 0 saturated carbocycles. The summed E-state index contributed by atoms with van der Waals surface area (Å²) in [4.78, 5) is 10.3. The minimum Gasteiger partial charge on any atom is -0.507 e. The molecule has 0 amide bonds. The second-order valence-corrected chi connectivity index (χ2v) is 7.36. The number of fused-ring (bicyclic) bond motifs is 1. The third-order valence-electron chi connectivity index (χ3n) is 5.05. The topological polar surface area (TPSA) is 108 Å². The maximum absolute atomic E-state index is 10.3. The van der Waals surface area contributed by atoms with Gasteiger partial charge in [0.15, 0.2) is 0 Å². The highest BCUT2D eigenvalue weighted by Gasteiger charge is 2.15. The minimum atomic E-state index is -1.11. The molecule has 1 aromatic heterocycles. The minimum absolute atomic E-state index is 0.0671. The highest BCUT2D eigenvalue weighted by atomic mass is 16.4. The fourth-order valence-corrected chi connectivity index (χ4v) is 3.45. The van der Waals surface area contributed by atoms with Crippen molar-refractivity contribution >= 4 is 17.0 Å². The Morgan fingerprint density at radius 1 is 0.818 bits per heavy atom. The second kappa shape index (κ2) is 9.23. The molecule has 0 saturated heterocycles. The van der Waals surface area contributed by atoms with Crippen LogP contribution in [0.4, 0.5) is 0 Å². The number of aromatic hydroxyl groups is 2. The van der Waals surface area contributed by atoms with Crippen LogP contribution in [-0.4, -0.2) is 36.3 Å². The smallest absolute Gasteiger partial charge is 0.339 e. The van der Waals surface area contributed by atoms with Gasteiger partial charge in [0, 0.05) is 5.56 Å². The molecule has 0 radical (unpaired) electrons. The van der Waals surface area contributed by atoms with Crippen LogP contribution in [0.5, 0.6) is 11.5 Å². The van der Waals surface area contributed by atoms with Crippen LogP contribution < -0.4 is 0 Å². The molecule has 0 fully saturated rings. The molecular weight excluding hydrogens is 418 g/mol. The zero-order valence-electron chi connectivity index (χ0n) is 17.8. The molecule has 0 bridgehead atoms.